The largest absolute Gasteiger partial charge is 0.481 e. The van der Waals surface area contributed by atoms with Crippen molar-refractivity contribution in [1.82, 2.24) is 0 Å². The van der Waals surface area contributed by atoms with Crippen LogP contribution in [0.1, 0.15) is 60.2 Å². The molecule has 6 nitrogen and oxygen atoms in total. The molecule has 0 spiro atoms. The van der Waals surface area contributed by atoms with E-state index in [4.69, 9.17) is 5.11 Å². The Labute approximate surface area is 165 Å². The number of hydrogen-bond acceptors (Lipinski definition) is 5. The Morgan fingerprint density at radius 2 is 1.25 bits per heavy atom. The number of unbranched alkanes of at least 4 members (excludes halogenated alkanes) is 1. The molecule has 0 aliphatic carbocycles. The molecule has 1 unspecified atom stereocenters. The molecular formula is C22H26O6. The molecular weight excluding hydrogens is 360 g/mol. The van der Waals surface area contributed by atoms with Crippen molar-refractivity contribution in [3.8, 4) is 0 Å². The van der Waals surface area contributed by atoms with Crippen molar-refractivity contribution >= 4 is 17.9 Å². The number of carboxylic acid groups (broad SMARTS) is 1. The quantitative estimate of drug-likeness (QED) is 0.537. The normalized spacial score (nSPS) is 10.8. The van der Waals surface area contributed by atoms with E-state index in [2.05, 4.69) is 16.7 Å². The SMILES string of the molecule is CCCCC(CC)C(=O)O.O=C(OOC(=O)c1ccccc1)c1ccccc1. The van der Waals surface area contributed by atoms with Crippen molar-refractivity contribution < 1.29 is 29.3 Å². The first-order chi connectivity index (χ1) is 13.5. The first-order valence-electron chi connectivity index (χ1n) is 9.25. The molecule has 1 N–H and O–H groups in total. The molecule has 1 atom stereocenters. The third kappa shape index (κ3) is 8.49. The summed E-state index contributed by atoms with van der Waals surface area (Å²) in [5.74, 6) is -2.17. The van der Waals surface area contributed by atoms with Crippen LogP contribution in [-0.2, 0) is 14.6 Å². The van der Waals surface area contributed by atoms with Crippen LogP contribution in [0.25, 0.3) is 0 Å². The highest BCUT2D eigenvalue weighted by Gasteiger charge is 2.13. The molecule has 0 aromatic heterocycles. The number of hydrogen-bond donors (Lipinski definition) is 1. The highest BCUT2D eigenvalue weighted by atomic mass is 17.2. The van der Waals surface area contributed by atoms with Crippen LogP contribution in [-0.4, -0.2) is 23.0 Å². The fraction of sp³-hybridized carbons (Fsp3) is 0.318. The highest BCUT2D eigenvalue weighted by Crippen LogP contribution is 2.11. The lowest BCUT2D eigenvalue weighted by Crippen LogP contribution is -2.11. The minimum Gasteiger partial charge on any atom is -0.481 e. The second kappa shape index (κ2) is 13.1. The fourth-order valence-electron chi connectivity index (χ4n) is 2.27. The van der Waals surface area contributed by atoms with Crippen LogP contribution >= 0.6 is 0 Å². The molecule has 2 aromatic rings. The van der Waals surface area contributed by atoms with Gasteiger partial charge in [-0.3, -0.25) is 4.79 Å². The van der Waals surface area contributed by atoms with Gasteiger partial charge in [-0.15, -0.1) is 0 Å². The summed E-state index contributed by atoms with van der Waals surface area (Å²) < 4.78 is 0. The van der Waals surface area contributed by atoms with Gasteiger partial charge in [-0.05, 0) is 37.1 Å². The third-order valence-corrected chi connectivity index (χ3v) is 3.96. The molecule has 0 amide bonds. The van der Waals surface area contributed by atoms with Gasteiger partial charge in [-0.2, -0.15) is 0 Å². The second-order valence-corrected chi connectivity index (χ2v) is 6.06. The Morgan fingerprint density at radius 1 is 0.821 bits per heavy atom. The number of benzene rings is 2. The maximum atomic E-state index is 11.5. The fourth-order valence-corrected chi connectivity index (χ4v) is 2.27. The summed E-state index contributed by atoms with van der Waals surface area (Å²) >= 11 is 0. The Kier molecular flexibility index (Phi) is 10.7. The summed E-state index contributed by atoms with van der Waals surface area (Å²) in [6.45, 7) is 4.00. The van der Waals surface area contributed by atoms with E-state index in [9.17, 15) is 14.4 Å². The van der Waals surface area contributed by atoms with Gasteiger partial charge < -0.3 is 5.11 Å². The molecule has 150 valence electrons. The number of aliphatic carboxylic acids is 1. The Balaban J connectivity index is 0.000000336. The number of carboxylic acids is 1. The molecule has 0 aliphatic rings. The van der Waals surface area contributed by atoms with Crippen molar-refractivity contribution in [2.45, 2.75) is 39.5 Å². The molecule has 0 radical (unpaired) electrons. The van der Waals surface area contributed by atoms with Gasteiger partial charge in [-0.1, -0.05) is 63.1 Å². The van der Waals surface area contributed by atoms with E-state index in [1.165, 1.54) is 0 Å². The molecule has 2 aromatic carbocycles. The van der Waals surface area contributed by atoms with E-state index in [-0.39, 0.29) is 5.92 Å². The lowest BCUT2D eigenvalue weighted by molar-refractivity contribution is -0.187. The Bertz CT molecular complexity index is 676. The summed E-state index contributed by atoms with van der Waals surface area (Å²) in [5.41, 5.74) is 0.636. The van der Waals surface area contributed by atoms with Crippen LogP contribution in [0.2, 0.25) is 0 Å². The van der Waals surface area contributed by atoms with Crippen molar-refractivity contribution in [2.75, 3.05) is 0 Å². The summed E-state index contributed by atoms with van der Waals surface area (Å²) in [4.78, 5) is 42.3. The van der Waals surface area contributed by atoms with Gasteiger partial charge in [0.05, 0.1) is 17.0 Å². The van der Waals surface area contributed by atoms with E-state index in [1.54, 1.807) is 60.7 Å². The molecule has 28 heavy (non-hydrogen) atoms. The molecule has 2 rings (SSSR count). The van der Waals surface area contributed by atoms with Crippen LogP contribution in [0.3, 0.4) is 0 Å². The van der Waals surface area contributed by atoms with Gasteiger partial charge in [0.1, 0.15) is 0 Å². The van der Waals surface area contributed by atoms with Crippen LogP contribution in [0.5, 0.6) is 0 Å². The zero-order valence-electron chi connectivity index (χ0n) is 16.2. The summed E-state index contributed by atoms with van der Waals surface area (Å²) in [7, 11) is 0. The summed E-state index contributed by atoms with van der Waals surface area (Å²) in [5, 5.41) is 8.60. The van der Waals surface area contributed by atoms with E-state index >= 15 is 0 Å². The molecule has 0 aliphatic heterocycles. The number of rotatable bonds is 7. The lowest BCUT2D eigenvalue weighted by Gasteiger charge is -2.06. The average molecular weight is 386 g/mol. The second-order valence-electron chi connectivity index (χ2n) is 6.06. The van der Waals surface area contributed by atoms with Gasteiger partial charge in [-0.25, -0.2) is 19.4 Å². The smallest absolute Gasteiger partial charge is 0.386 e. The first-order valence-corrected chi connectivity index (χ1v) is 9.25. The van der Waals surface area contributed by atoms with Crippen molar-refractivity contribution in [1.29, 1.82) is 0 Å². The predicted octanol–water partition coefficient (Wildman–Crippen LogP) is 4.90. The molecule has 0 saturated carbocycles. The molecule has 0 fully saturated rings. The van der Waals surface area contributed by atoms with E-state index in [0.29, 0.717) is 11.1 Å². The minimum absolute atomic E-state index is 0.111. The van der Waals surface area contributed by atoms with Crippen molar-refractivity contribution in [2.24, 2.45) is 5.92 Å². The molecule has 0 heterocycles. The third-order valence-electron chi connectivity index (χ3n) is 3.96. The standard InChI is InChI=1S/C14H10O4.C8H16O2/c15-13(11-7-3-1-4-8-11)17-18-14(16)12-9-5-2-6-10-12;1-3-5-6-7(4-2)8(9)10/h1-10H;7H,3-6H2,1-2H3,(H,9,10). The molecule has 6 heteroatoms. The van der Waals surface area contributed by atoms with Gasteiger partial charge in [0.2, 0.25) is 0 Å². The van der Waals surface area contributed by atoms with Crippen LogP contribution in [0.15, 0.2) is 60.7 Å². The lowest BCUT2D eigenvalue weighted by atomic mass is 10.00. The maximum absolute atomic E-state index is 11.5. The van der Waals surface area contributed by atoms with Gasteiger partial charge in [0.15, 0.2) is 0 Å². The van der Waals surface area contributed by atoms with E-state index in [1.807, 2.05) is 6.92 Å². The van der Waals surface area contributed by atoms with Crippen LogP contribution < -0.4 is 0 Å². The minimum atomic E-state index is -0.708. The predicted molar refractivity (Wildman–Crippen MR) is 105 cm³/mol. The Hall–Kier alpha value is -3.15. The number of carbonyl (C=O) groups is 3. The van der Waals surface area contributed by atoms with Crippen molar-refractivity contribution in [3.05, 3.63) is 71.8 Å². The van der Waals surface area contributed by atoms with E-state index < -0.39 is 17.9 Å². The zero-order chi connectivity index (χ0) is 20.8. The maximum Gasteiger partial charge on any atom is 0.386 e. The van der Waals surface area contributed by atoms with Gasteiger partial charge >= 0.3 is 17.9 Å². The van der Waals surface area contributed by atoms with Gasteiger partial charge in [0, 0.05) is 0 Å². The molecule has 0 saturated heterocycles. The van der Waals surface area contributed by atoms with Gasteiger partial charge in [0.25, 0.3) is 0 Å². The van der Waals surface area contributed by atoms with E-state index in [0.717, 1.165) is 25.7 Å². The zero-order valence-corrected chi connectivity index (χ0v) is 16.2. The topological polar surface area (TPSA) is 89.9 Å². The van der Waals surface area contributed by atoms with Crippen molar-refractivity contribution in [3.63, 3.8) is 0 Å². The summed E-state index contributed by atoms with van der Waals surface area (Å²) in [6.07, 6.45) is 3.71. The van der Waals surface area contributed by atoms with Crippen LogP contribution in [0, 0.1) is 5.92 Å². The highest BCUT2D eigenvalue weighted by molar-refractivity contribution is 5.92. The number of carbonyl (C=O) groups excluding carboxylic acids is 2. The first kappa shape index (κ1) is 22.9. The monoisotopic (exact) mass is 386 g/mol. The summed E-state index contributed by atoms with van der Waals surface area (Å²) in [6, 6.07) is 16.6. The molecule has 0 bridgehead atoms. The Morgan fingerprint density at radius 3 is 1.57 bits per heavy atom. The van der Waals surface area contributed by atoms with Crippen LogP contribution in [0.4, 0.5) is 0 Å². The average Bonchev–Trinajstić information content (AvgIpc) is 2.74.